The van der Waals surface area contributed by atoms with E-state index in [1.54, 1.807) is 11.1 Å². The molecule has 1 saturated heterocycles. The molecule has 1 fully saturated rings. The molecule has 1 aliphatic heterocycles. The molecule has 14 heteroatoms. The molecule has 1 amide bonds. The summed E-state index contributed by atoms with van der Waals surface area (Å²) in [6, 6.07) is 0.0961. The van der Waals surface area contributed by atoms with Gasteiger partial charge in [-0.25, -0.2) is 14.3 Å². The van der Waals surface area contributed by atoms with E-state index in [0.29, 0.717) is 50.3 Å². The highest BCUT2D eigenvalue weighted by Crippen LogP contribution is 2.37. The van der Waals surface area contributed by atoms with E-state index in [4.69, 9.17) is 23.0 Å². The number of aliphatic hydroxyl groups is 1. The molecule has 0 saturated carbocycles. The Kier molecular flexibility index (Phi) is 11.4. The molecule has 0 spiro atoms. The van der Waals surface area contributed by atoms with Gasteiger partial charge in [-0.05, 0) is 70.5 Å². The molecule has 2 N–H and O–H groups in total. The highest BCUT2D eigenvalue weighted by molar-refractivity contribution is 6.89. The van der Waals surface area contributed by atoms with Crippen molar-refractivity contribution in [3.8, 4) is 6.01 Å². The summed E-state index contributed by atoms with van der Waals surface area (Å²) in [6.07, 6.45) is 3.80. The van der Waals surface area contributed by atoms with Crippen molar-refractivity contribution in [1.29, 1.82) is 0 Å². The number of hydrogen-bond donors (Lipinski definition) is 2. The molecule has 3 rings (SSSR count). The topological polar surface area (TPSA) is 123 Å². The fraction of sp³-hybridized carbons (Fsp3) is 0.793. The predicted molar refractivity (Wildman–Crippen MR) is 173 cm³/mol. The Balaban J connectivity index is 1.83. The lowest BCUT2D eigenvalue weighted by atomic mass is 9.56. The maximum atomic E-state index is 12.5. The van der Waals surface area contributed by atoms with Crippen molar-refractivity contribution in [3.05, 3.63) is 11.9 Å². The molecule has 1 aliphatic rings. The Morgan fingerprint density at radius 2 is 1.93 bits per heavy atom. The maximum absolute atomic E-state index is 12.5. The average molecular weight is 614 g/mol. The van der Waals surface area contributed by atoms with Crippen LogP contribution in [0.25, 0.3) is 5.65 Å². The van der Waals surface area contributed by atoms with Crippen LogP contribution < -0.4 is 10.0 Å². The molecule has 2 aromatic heterocycles. The van der Waals surface area contributed by atoms with Crippen LogP contribution >= 0.6 is 0 Å². The molecule has 43 heavy (non-hydrogen) atoms. The summed E-state index contributed by atoms with van der Waals surface area (Å²) in [6.45, 7) is 20.3. The molecule has 237 valence electrons. The zero-order valence-electron chi connectivity index (χ0n) is 28.6. The van der Waals surface area contributed by atoms with Crippen LogP contribution in [0.1, 0.15) is 92.4 Å². The SMILES string of the molecule is [2H]N(C[B][B])c1nc(OC(CCC)CCO[Si](C)(C)C(C)(C)C)nn2c(C(O)C3CCN(C(=O)OC(C)(C)C)CC3)cnc12. The molecular formula is C29H51B2N6O5Si. The summed E-state index contributed by atoms with van der Waals surface area (Å²) < 4.78 is 28.3. The number of ether oxygens (including phenoxy) is 2. The number of carbonyl (C=O) groups is 1. The molecule has 2 atom stereocenters. The van der Waals surface area contributed by atoms with Crippen LogP contribution in [0.3, 0.4) is 0 Å². The van der Waals surface area contributed by atoms with Gasteiger partial charge in [0.25, 0.3) is 0 Å². The van der Waals surface area contributed by atoms with E-state index < -0.39 is 20.0 Å². The predicted octanol–water partition coefficient (Wildman–Crippen LogP) is 4.92. The Hall–Kier alpha value is -2.31. The number of carbonyl (C=O) groups excluding carboxylic acids is 1. The van der Waals surface area contributed by atoms with E-state index >= 15 is 0 Å². The number of rotatable bonds is 13. The van der Waals surface area contributed by atoms with Gasteiger partial charge in [-0.15, -0.1) is 5.10 Å². The second kappa shape index (κ2) is 14.6. The minimum Gasteiger partial charge on any atom is -0.459 e. The smallest absolute Gasteiger partial charge is 0.410 e. The molecule has 0 aromatic carbocycles. The number of anilines is 1. The van der Waals surface area contributed by atoms with Gasteiger partial charge in [0.05, 0.1) is 19.1 Å². The van der Waals surface area contributed by atoms with Crippen LogP contribution in [0.15, 0.2) is 6.20 Å². The van der Waals surface area contributed by atoms with Crippen molar-refractivity contribution in [2.24, 2.45) is 5.92 Å². The van der Waals surface area contributed by atoms with E-state index in [0.717, 1.165) is 18.2 Å². The first-order chi connectivity index (χ1) is 20.5. The zero-order valence-corrected chi connectivity index (χ0v) is 28.6. The number of nitrogens with one attached hydrogen (secondary N) is 1. The van der Waals surface area contributed by atoms with Crippen LogP contribution in [0.5, 0.6) is 6.01 Å². The molecule has 0 aliphatic carbocycles. The maximum Gasteiger partial charge on any atom is 0.410 e. The monoisotopic (exact) mass is 614 g/mol. The summed E-state index contributed by atoms with van der Waals surface area (Å²) in [5.74, 6) is 0.101. The minimum absolute atomic E-state index is 0.0961. The molecule has 3 heterocycles. The molecule has 11 nitrogen and oxygen atoms in total. The van der Waals surface area contributed by atoms with Crippen molar-refractivity contribution < 1.29 is 25.2 Å². The van der Waals surface area contributed by atoms with E-state index in [1.807, 2.05) is 20.8 Å². The first-order valence-corrected chi connectivity index (χ1v) is 18.4. The Bertz CT molecular complexity index is 1230. The number of nitrogens with zero attached hydrogens (tertiary/aromatic N) is 5. The minimum atomic E-state index is -1.91. The van der Waals surface area contributed by atoms with E-state index in [2.05, 4.69) is 55.9 Å². The third-order valence-electron chi connectivity index (χ3n) is 8.23. The Morgan fingerprint density at radius 3 is 2.51 bits per heavy atom. The zero-order chi connectivity index (χ0) is 32.9. The summed E-state index contributed by atoms with van der Waals surface area (Å²) >= 11 is 0. The normalized spacial score (nSPS) is 17.0. The van der Waals surface area contributed by atoms with Crippen molar-refractivity contribution in [2.45, 2.75) is 117 Å². The number of aliphatic hydroxyl groups excluding tert-OH is 1. The lowest BCUT2D eigenvalue weighted by Gasteiger charge is -2.36. The van der Waals surface area contributed by atoms with E-state index in [-0.39, 0.29) is 41.4 Å². The van der Waals surface area contributed by atoms with E-state index in [9.17, 15) is 9.90 Å². The largest absolute Gasteiger partial charge is 0.459 e. The number of likely N-dealkylation sites (tertiary alicyclic amines) is 1. The number of piperidine rings is 1. The molecule has 3 radical (unpaired) electrons. The highest BCUT2D eigenvalue weighted by atomic mass is 28.4. The quantitative estimate of drug-likeness (QED) is 0.303. The van der Waals surface area contributed by atoms with Crippen LogP contribution in [0, 0.1) is 5.92 Å². The van der Waals surface area contributed by atoms with Gasteiger partial charge in [-0.2, -0.15) is 4.98 Å². The Labute approximate surface area is 262 Å². The highest BCUT2D eigenvalue weighted by Gasteiger charge is 2.37. The fourth-order valence-electron chi connectivity index (χ4n) is 4.72. The van der Waals surface area contributed by atoms with Gasteiger partial charge in [-0.1, -0.05) is 34.1 Å². The number of amides is 1. The van der Waals surface area contributed by atoms with Gasteiger partial charge in [0, 0.05) is 33.9 Å². The third kappa shape index (κ3) is 9.58. The lowest BCUT2D eigenvalue weighted by Crippen LogP contribution is -2.42. The van der Waals surface area contributed by atoms with Crippen molar-refractivity contribution >= 4 is 40.8 Å². The van der Waals surface area contributed by atoms with Crippen molar-refractivity contribution in [1.82, 2.24) is 24.5 Å². The summed E-state index contributed by atoms with van der Waals surface area (Å²) in [5.41, 5.74) is 0.230. The van der Waals surface area contributed by atoms with Crippen LogP contribution in [0.4, 0.5) is 10.6 Å². The lowest BCUT2D eigenvalue weighted by molar-refractivity contribution is 0.00685. The standard InChI is InChI=1S/C29H51B2N6O5Si/c1-10-11-21(14-17-40-43(8,9)29(5,6)7)41-26-34-24(33-19-31-30)25-32-18-22(37(25)35-26)23(38)20-12-15-36(16-13-20)27(39)42-28(2,3)4/h18,20-21,23,38H,10-17,19H2,1-9H3,(H,33,34,35)/i/hD. The second-order valence-electron chi connectivity index (χ2n) is 13.9. The van der Waals surface area contributed by atoms with Gasteiger partial charge in [0.15, 0.2) is 21.2 Å². The van der Waals surface area contributed by atoms with Gasteiger partial charge in [0.2, 0.25) is 0 Å². The van der Waals surface area contributed by atoms with Crippen LogP contribution in [0.2, 0.25) is 19.5 Å². The number of fused-ring (bicyclic) bond motifs is 1. The van der Waals surface area contributed by atoms with E-state index in [1.165, 1.54) is 11.7 Å². The van der Waals surface area contributed by atoms with Crippen LogP contribution in [-0.4, -0.2) is 96.8 Å². The van der Waals surface area contributed by atoms with Gasteiger partial charge >= 0.3 is 12.1 Å². The van der Waals surface area contributed by atoms with Gasteiger partial charge in [-0.3, -0.25) is 0 Å². The molecule has 2 unspecified atom stereocenters. The molecule has 0 bridgehead atoms. The molecule has 2 aromatic rings. The molecular weight excluding hydrogens is 562 g/mol. The van der Waals surface area contributed by atoms with Crippen LogP contribution in [-0.2, 0) is 9.16 Å². The summed E-state index contributed by atoms with van der Waals surface area (Å²) in [5, 5.41) is 17.4. The van der Waals surface area contributed by atoms with Gasteiger partial charge < -0.3 is 29.2 Å². The first kappa shape index (κ1) is 33.6. The third-order valence-corrected chi connectivity index (χ3v) is 12.8. The van der Waals surface area contributed by atoms with Crippen molar-refractivity contribution in [3.63, 3.8) is 0 Å². The number of aromatic nitrogens is 4. The van der Waals surface area contributed by atoms with Gasteiger partial charge in [0.1, 0.15) is 17.8 Å². The Morgan fingerprint density at radius 1 is 1.26 bits per heavy atom. The number of hydrogen-bond acceptors (Lipinski definition) is 9. The first-order valence-electron chi connectivity index (χ1n) is 15.9. The summed E-state index contributed by atoms with van der Waals surface area (Å²) in [4.78, 5) is 23.3. The van der Waals surface area contributed by atoms with Crippen molar-refractivity contribution in [2.75, 3.05) is 31.5 Å². The summed E-state index contributed by atoms with van der Waals surface area (Å²) in [7, 11) is 5.09. The fourth-order valence-corrected chi connectivity index (χ4v) is 5.78. The second-order valence-corrected chi connectivity index (χ2v) is 18.7. The number of imidazole rings is 1. The average Bonchev–Trinajstić information content (AvgIpc) is 3.34.